The lowest BCUT2D eigenvalue weighted by Crippen LogP contribution is -2.36. The van der Waals surface area contributed by atoms with Crippen LogP contribution in [0.3, 0.4) is 0 Å². The van der Waals surface area contributed by atoms with E-state index < -0.39 is 18.6 Å². The highest BCUT2D eigenvalue weighted by Crippen LogP contribution is 2.30. The highest BCUT2D eigenvalue weighted by atomic mass is 35.5. The molecule has 2 aromatic carbocycles. The molecular weight excluding hydrogens is 390 g/mol. The van der Waals surface area contributed by atoms with Gasteiger partial charge in [0.1, 0.15) is 0 Å². The molecule has 5 nitrogen and oxygen atoms in total. The van der Waals surface area contributed by atoms with Gasteiger partial charge < -0.3 is 20.1 Å². The molecule has 0 radical (unpaired) electrons. The Morgan fingerprint density at radius 3 is 2.36 bits per heavy atom. The van der Waals surface area contributed by atoms with Crippen molar-refractivity contribution >= 4 is 18.3 Å². The molecule has 0 spiro atoms. The van der Waals surface area contributed by atoms with Crippen molar-refractivity contribution in [2.45, 2.75) is 26.1 Å². The molecule has 2 unspecified atom stereocenters. The van der Waals surface area contributed by atoms with Crippen LogP contribution in [0, 0.1) is 5.92 Å². The van der Waals surface area contributed by atoms with Crippen molar-refractivity contribution in [1.82, 2.24) is 4.90 Å². The lowest BCUT2D eigenvalue weighted by atomic mass is 9.94. The number of alkyl halides is 2. The second-order valence-corrected chi connectivity index (χ2v) is 6.28. The Hall–Kier alpha value is -2.38. The number of methoxy groups -OCH3 is 1. The zero-order valence-electron chi connectivity index (χ0n) is 16.0. The van der Waals surface area contributed by atoms with Gasteiger partial charge in [-0.2, -0.15) is 8.78 Å². The van der Waals surface area contributed by atoms with Gasteiger partial charge in [0.05, 0.1) is 13.0 Å². The first-order valence-corrected chi connectivity index (χ1v) is 8.50. The predicted octanol–water partition coefficient (Wildman–Crippen LogP) is 4.01. The van der Waals surface area contributed by atoms with E-state index in [1.807, 2.05) is 30.3 Å². The van der Waals surface area contributed by atoms with Gasteiger partial charge in [-0.3, -0.25) is 4.79 Å². The summed E-state index contributed by atoms with van der Waals surface area (Å²) in [5.74, 6) is -0.446. The lowest BCUT2D eigenvalue weighted by Gasteiger charge is -2.26. The van der Waals surface area contributed by atoms with Crippen LogP contribution in [0.5, 0.6) is 11.5 Å². The molecule has 2 rings (SSSR count). The molecule has 2 N–H and O–H groups in total. The van der Waals surface area contributed by atoms with Crippen molar-refractivity contribution in [2.24, 2.45) is 11.7 Å². The minimum atomic E-state index is -2.96. The van der Waals surface area contributed by atoms with Crippen LogP contribution >= 0.6 is 12.4 Å². The Balaban J connectivity index is 0.00000392. The van der Waals surface area contributed by atoms with Crippen LogP contribution in [0.25, 0.3) is 0 Å². The average molecular weight is 415 g/mol. The Kier molecular flexibility index (Phi) is 9.15. The number of amides is 1. The summed E-state index contributed by atoms with van der Waals surface area (Å²) >= 11 is 0. The fourth-order valence-electron chi connectivity index (χ4n) is 2.82. The highest BCUT2D eigenvalue weighted by Gasteiger charge is 2.25. The molecule has 0 aliphatic rings. The van der Waals surface area contributed by atoms with Gasteiger partial charge in [0, 0.05) is 19.6 Å². The van der Waals surface area contributed by atoms with E-state index in [0.29, 0.717) is 5.56 Å². The van der Waals surface area contributed by atoms with Crippen LogP contribution in [0.1, 0.15) is 24.1 Å². The van der Waals surface area contributed by atoms with E-state index in [9.17, 15) is 13.6 Å². The van der Waals surface area contributed by atoms with Crippen LogP contribution in [-0.2, 0) is 11.3 Å². The quantitative estimate of drug-likeness (QED) is 0.708. The molecule has 8 heteroatoms. The third-order valence-corrected chi connectivity index (χ3v) is 4.35. The molecule has 0 heterocycles. The minimum absolute atomic E-state index is 0. The fourth-order valence-corrected chi connectivity index (χ4v) is 2.82. The molecule has 0 aliphatic carbocycles. The van der Waals surface area contributed by atoms with Gasteiger partial charge in [-0.15, -0.1) is 12.4 Å². The molecular formula is C20H25ClF2N2O3. The number of ether oxygens (including phenoxy) is 2. The van der Waals surface area contributed by atoms with E-state index in [0.717, 1.165) is 5.56 Å². The topological polar surface area (TPSA) is 64.8 Å². The minimum Gasteiger partial charge on any atom is -0.493 e. The molecule has 0 aromatic heterocycles. The maximum absolute atomic E-state index is 12.7. The summed E-state index contributed by atoms with van der Waals surface area (Å²) in [5.41, 5.74) is 7.74. The normalized spacial score (nSPS) is 12.7. The van der Waals surface area contributed by atoms with Crippen molar-refractivity contribution in [3.63, 3.8) is 0 Å². The Labute approximate surface area is 169 Å². The van der Waals surface area contributed by atoms with Gasteiger partial charge >= 0.3 is 6.61 Å². The summed E-state index contributed by atoms with van der Waals surface area (Å²) in [4.78, 5) is 14.2. The molecule has 0 aliphatic heterocycles. The standard InChI is InChI=1S/C20H24F2N2O3.ClH/c1-13(18(23)15-7-5-4-6-8-15)19(25)24(2)12-14-9-10-16(26-3)17(11-14)27-20(21)22;/h4-11,13,18,20H,12,23H2,1-3H3;1H. The number of hydrogen-bond acceptors (Lipinski definition) is 4. The SMILES string of the molecule is COc1ccc(CN(C)C(=O)C(C)C(N)c2ccccc2)cc1OC(F)F.Cl. The van der Waals surface area contributed by atoms with Gasteiger partial charge in [0.2, 0.25) is 5.91 Å². The largest absolute Gasteiger partial charge is 0.493 e. The summed E-state index contributed by atoms with van der Waals surface area (Å²) in [5, 5.41) is 0. The predicted molar refractivity (Wildman–Crippen MR) is 106 cm³/mol. The molecule has 28 heavy (non-hydrogen) atoms. The van der Waals surface area contributed by atoms with Crippen LogP contribution in [-0.4, -0.2) is 31.6 Å². The van der Waals surface area contributed by atoms with E-state index in [-0.39, 0.29) is 36.4 Å². The van der Waals surface area contributed by atoms with Gasteiger partial charge in [-0.05, 0) is 23.3 Å². The third-order valence-electron chi connectivity index (χ3n) is 4.35. The van der Waals surface area contributed by atoms with E-state index in [1.165, 1.54) is 24.1 Å². The van der Waals surface area contributed by atoms with Crippen LogP contribution in [0.2, 0.25) is 0 Å². The second-order valence-electron chi connectivity index (χ2n) is 6.28. The van der Waals surface area contributed by atoms with E-state index in [4.69, 9.17) is 10.5 Å². The Morgan fingerprint density at radius 2 is 1.79 bits per heavy atom. The van der Waals surface area contributed by atoms with Crippen molar-refractivity contribution in [3.8, 4) is 11.5 Å². The maximum atomic E-state index is 12.7. The number of nitrogens with zero attached hydrogens (tertiary/aromatic N) is 1. The zero-order chi connectivity index (χ0) is 20.0. The third kappa shape index (κ3) is 6.07. The number of hydrogen-bond donors (Lipinski definition) is 1. The summed E-state index contributed by atoms with van der Waals surface area (Å²) in [6.07, 6.45) is 0. The molecule has 0 bridgehead atoms. The monoisotopic (exact) mass is 414 g/mol. The molecule has 2 aromatic rings. The average Bonchev–Trinajstić information content (AvgIpc) is 2.66. The molecule has 2 atom stereocenters. The van der Waals surface area contributed by atoms with E-state index in [1.54, 1.807) is 20.0 Å². The zero-order valence-corrected chi connectivity index (χ0v) is 16.8. The summed E-state index contributed by atoms with van der Waals surface area (Å²) in [6.45, 7) is -0.957. The fraction of sp³-hybridized carbons (Fsp3) is 0.350. The Bertz CT molecular complexity index is 762. The van der Waals surface area contributed by atoms with E-state index in [2.05, 4.69) is 4.74 Å². The molecule has 0 saturated heterocycles. The maximum Gasteiger partial charge on any atom is 0.387 e. The van der Waals surface area contributed by atoms with E-state index >= 15 is 0 Å². The van der Waals surface area contributed by atoms with Crippen molar-refractivity contribution in [2.75, 3.05) is 14.2 Å². The summed E-state index contributed by atoms with van der Waals surface area (Å²) < 4.78 is 34.6. The molecule has 1 amide bonds. The van der Waals surface area contributed by atoms with Gasteiger partial charge in [-0.1, -0.05) is 43.3 Å². The number of halogens is 3. The highest BCUT2D eigenvalue weighted by molar-refractivity contribution is 5.85. The second kappa shape index (κ2) is 10.8. The summed E-state index contributed by atoms with van der Waals surface area (Å²) in [6, 6.07) is 13.6. The van der Waals surface area contributed by atoms with Gasteiger partial charge in [0.15, 0.2) is 11.5 Å². The van der Waals surface area contributed by atoms with Crippen molar-refractivity contribution < 1.29 is 23.0 Å². The molecule has 0 fully saturated rings. The molecule has 0 saturated carbocycles. The Morgan fingerprint density at radius 1 is 1.14 bits per heavy atom. The number of carbonyl (C=O) groups is 1. The smallest absolute Gasteiger partial charge is 0.387 e. The van der Waals surface area contributed by atoms with Crippen LogP contribution < -0.4 is 15.2 Å². The number of carbonyl (C=O) groups excluding carboxylic acids is 1. The number of nitrogens with two attached hydrogens (primary N) is 1. The van der Waals surface area contributed by atoms with Crippen molar-refractivity contribution in [3.05, 3.63) is 59.7 Å². The van der Waals surface area contributed by atoms with Crippen molar-refractivity contribution in [1.29, 1.82) is 0 Å². The van der Waals surface area contributed by atoms with Gasteiger partial charge in [0.25, 0.3) is 0 Å². The van der Waals surface area contributed by atoms with Crippen LogP contribution in [0.15, 0.2) is 48.5 Å². The summed E-state index contributed by atoms with van der Waals surface area (Å²) in [7, 11) is 3.02. The lowest BCUT2D eigenvalue weighted by molar-refractivity contribution is -0.134. The molecule has 154 valence electrons. The van der Waals surface area contributed by atoms with Gasteiger partial charge in [-0.25, -0.2) is 0 Å². The number of benzene rings is 2. The number of rotatable bonds is 8. The first kappa shape index (κ1) is 23.7. The first-order valence-electron chi connectivity index (χ1n) is 8.50. The first-order chi connectivity index (χ1) is 12.8. The van der Waals surface area contributed by atoms with Crippen LogP contribution in [0.4, 0.5) is 8.78 Å².